The summed E-state index contributed by atoms with van der Waals surface area (Å²) in [4.78, 5) is 17.8. The number of anilines is 2. The van der Waals surface area contributed by atoms with Crippen LogP contribution in [0.25, 0.3) is 0 Å². The molecule has 0 saturated carbocycles. The monoisotopic (exact) mass is 377 g/mol. The van der Waals surface area contributed by atoms with Gasteiger partial charge in [-0.1, -0.05) is 0 Å². The first-order valence-electron chi connectivity index (χ1n) is 6.03. The largest absolute Gasteiger partial charge is 0.394 e. The highest BCUT2D eigenvalue weighted by molar-refractivity contribution is 14.1. The van der Waals surface area contributed by atoms with Crippen LogP contribution in [0.4, 0.5) is 11.6 Å². The lowest BCUT2D eigenvalue weighted by Gasteiger charge is -2.26. The molecule has 7 heteroatoms. The third-order valence-corrected chi connectivity index (χ3v) is 3.33. The Morgan fingerprint density at radius 2 is 2.42 bits per heavy atom. The summed E-state index contributed by atoms with van der Waals surface area (Å²) in [5.41, 5.74) is 0. The molecule has 1 saturated heterocycles. The molecule has 0 unspecified atom stereocenters. The average Bonchev–Trinajstić information content (AvgIpc) is 2.38. The van der Waals surface area contributed by atoms with Crippen LogP contribution in [0.1, 0.15) is 6.92 Å². The second-order valence-corrected chi connectivity index (χ2v) is 5.60. The maximum absolute atomic E-state index is 11.8. The van der Waals surface area contributed by atoms with Crippen LogP contribution >= 0.6 is 22.6 Å². The van der Waals surface area contributed by atoms with Gasteiger partial charge in [-0.05, 0) is 41.6 Å². The van der Waals surface area contributed by atoms with Crippen molar-refractivity contribution in [1.29, 1.82) is 0 Å². The molecule has 104 valence electrons. The Bertz CT molecular complexity index is 470. The minimum atomic E-state index is -0.0843. The van der Waals surface area contributed by atoms with Gasteiger partial charge in [-0.25, -0.2) is 4.98 Å². The number of aromatic nitrogens is 1. The Morgan fingerprint density at radius 1 is 1.63 bits per heavy atom. The molecule has 1 amide bonds. The average molecular weight is 377 g/mol. The molecule has 0 radical (unpaired) electrons. The van der Waals surface area contributed by atoms with Crippen LogP contribution in [0.3, 0.4) is 0 Å². The van der Waals surface area contributed by atoms with E-state index in [9.17, 15) is 4.79 Å². The number of aliphatic hydroxyl groups excluding tert-OH is 1. The lowest BCUT2D eigenvalue weighted by molar-refractivity contribution is -0.125. The normalized spacial score (nSPS) is 17.4. The highest BCUT2D eigenvalue weighted by Crippen LogP contribution is 2.21. The van der Waals surface area contributed by atoms with Crippen LogP contribution in [-0.2, 0) is 9.53 Å². The molecule has 2 heterocycles. The van der Waals surface area contributed by atoms with E-state index in [-0.39, 0.29) is 25.2 Å². The zero-order valence-electron chi connectivity index (χ0n) is 10.6. The molecule has 1 aromatic rings. The molecule has 1 aliphatic rings. The van der Waals surface area contributed by atoms with E-state index >= 15 is 0 Å². The summed E-state index contributed by atoms with van der Waals surface area (Å²) >= 11 is 2.18. The van der Waals surface area contributed by atoms with Crippen LogP contribution < -0.4 is 10.2 Å². The summed E-state index contributed by atoms with van der Waals surface area (Å²) in [6.07, 6.45) is 0. The standard InChI is InChI=1S/C12H16IN3O3/c1-8(6-17)14-10-4-9(13)5-11(15-10)16-2-3-19-7-12(16)18/h4-5,8,17H,2-3,6-7H2,1H3,(H,14,15)/t8-/m1/s1. The van der Waals surface area contributed by atoms with Crippen LogP contribution in [0, 0.1) is 3.57 Å². The van der Waals surface area contributed by atoms with Crippen molar-refractivity contribution in [2.45, 2.75) is 13.0 Å². The minimum absolute atomic E-state index is 0.0268. The fraction of sp³-hybridized carbons (Fsp3) is 0.500. The summed E-state index contributed by atoms with van der Waals surface area (Å²) < 4.78 is 6.09. The van der Waals surface area contributed by atoms with E-state index in [1.165, 1.54) is 0 Å². The maximum Gasteiger partial charge on any atom is 0.254 e. The third kappa shape index (κ3) is 3.77. The molecule has 0 spiro atoms. The number of pyridine rings is 1. The van der Waals surface area contributed by atoms with E-state index < -0.39 is 0 Å². The predicted octanol–water partition coefficient (Wildman–Crippen LogP) is 0.842. The molecule has 0 aliphatic carbocycles. The molecule has 19 heavy (non-hydrogen) atoms. The van der Waals surface area contributed by atoms with Crippen molar-refractivity contribution in [3.05, 3.63) is 15.7 Å². The van der Waals surface area contributed by atoms with E-state index in [0.29, 0.717) is 24.8 Å². The molecule has 1 aromatic heterocycles. The first-order valence-corrected chi connectivity index (χ1v) is 7.11. The number of ether oxygens (including phenoxy) is 1. The van der Waals surface area contributed by atoms with Crippen LogP contribution in [0.5, 0.6) is 0 Å². The number of nitrogens with one attached hydrogen (secondary N) is 1. The number of morpholine rings is 1. The van der Waals surface area contributed by atoms with Gasteiger partial charge in [0.2, 0.25) is 0 Å². The Kier molecular flexibility index (Phi) is 4.94. The summed E-state index contributed by atoms with van der Waals surface area (Å²) in [6.45, 7) is 3.03. The zero-order valence-corrected chi connectivity index (χ0v) is 12.8. The maximum atomic E-state index is 11.8. The molecule has 1 atom stereocenters. The van der Waals surface area contributed by atoms with Gasteiger partial charge in [0.15, 0.2) is 0 Å². The molecular weight excluding hydrogens is 361 g/mol. The van der Waals surface area contributed by atoms with Gasteiger partial charge in [-0.15, -0.1) is 0 Å². The smallest absolute Gasteiger partial charge is 0.254 e. The number of rotatable bonds is 4. The fourth-order valence-electron chi connectivity index (χ4n) is 1.75. The van der Waals surface area contributed by atoms with Crippen molar-refractivity contribution in [3.63, 3.8) is 0 Å². The Hall–Kier alpha value is -0.930. The number of nitrogens with zero attached hydrogens (tertiary/aromatic N) is 2. The predicted molar refractivity (Wildman–Crippen MR) is 80.3 cm³/mol. The number of carbonyl (C=O) groups is 1. The van der Waals surface area contributed by atoms with E-state index in [0.717, 1.165) is 3.57 Å². The van der Waals surface area contributed by atoms with Crippen molar-refractivity contribution < 1.29 is 14.6 Å². The number of carbonyl (C=O) groups excluding carboxylic acids is 1. The van der Waals surface area contributed by atoms with Gasteiger partial charge in [-0.3, -0.25) is 9.69 Å². The topological polar surface area (TPSA) is 74.7 Å². The number of hydrogen-bond acceptors (Lipinski definition) is 5. The van der Waals surface area contributed by atoms with Crippen LogP contribution in [-0.4, -0.2) is 48.4 Å². The van der Waals surface area contributed by atoms with Gasteiger partial charge in [0.1, 0.15) is 18.2 Å². The summed E-state index contributed by atoms with van der Waals surface area (Å²) in [5, 5.41) is 12.1. The van der Waals surface area contributed by atoms with Crippen molar-refractivity contribution in [2.75, 3.05) is 36.6 Å². The van der Waals surface area contributed by atoms with Gasteiger partial charge in [0, 0.05) is 9.61 Å². The van der Waals surface area contributed by atoms with E-state index in [2.05, 4.69) is 32.9 Å². The number of hydrogen-bond donors (Lipinski definition) is 2. The van der Waals surface area contributed by atoms with Crippen molar-refractivity contribution in [1.82, 2.24) is 4.98 Å². The molecular formula is C12H16IN3O3. The molecule has 0 bridgehead atoms. The van der Waals surface area contributed by atoms with Gasteiger partial charge >= 0.3 is 0 Å². The second kappa shape index (κ2) is 6.49. The first-order chi connectivity index (χ1) is 9.10. The lowest BCUT2D eigenvalue weighted by Crippen LogP contribution is -2.42. The highest BCUT2D eigenvalue weighted by Gasteiger charge is 2.22. The van der Waals surface area contributed by atoms with Crippen molar-refractivity contribution in [3.8, 4) is 0 Å². The third-order valence-electron chi connectivity index (χ3n) is 2.71. The number of amides is 1. The van der Waals surface area contributed by atoms with Gasteiger partial charge in [0.25, 0.3) is 5.91 Å². The van der Waals surface area contributed by atoms with E-state index in [1.807, 2.05) is 19.1 Å². The first kappa shape index (κ1) is 14.5. The summed E-state index contributed by atoms with van der Waals surface area (Å²) in [7, 11) is 0. The number of halogens is 1. The Labute approximate surface area is 125 Å². The second-order valence-electron chi connectivity index (χ2n) is 4.35. The quantitative estimate of drug-likeness (QED) is 0.761. The van der Waals surface area contributed by atoms with E-state index in [4.69, 9.17) is 9.84 Å². The molecule has 1 aliphatic heterocycles. The van der Waals surface area contributed by atoms with Crippen molar-refractivity contribution >= 4 is 40.1 Å². The Balaban J connectivity index is 2.22. The van der Waals surface area contributed by atoms with Crippen LogP contribution in [0.15, 0.2) is 12.1 Å². The molecule has 0 aromatic carbocycles. The van der Waals surface area contributed by atoms with Crippen molar-refractivity contribution in [2.24, 2.45) is 0 Å². The lowest BCUT2D eigenvalue weighted by atomic mass is 10.3. The highest BCUT2D eigenvalue weighted by atomic mass is 127. The van der Waals surface area contributed by atoms with E-state index in [1.54, 1.807) is 4.90 Å². The summed E-state index contributed by atoms with van der Waals surface area (Å²) in [5.74, 6) is 1.19. The molecule has 6 nitrogen and oxygen atoms in total. The number of aliphatic hydroxyl groups is 1. The fourth-order valence-corrected chi connectivity index (χ4v) is 2.33. The van der Waals surface area contributed by atoms with Gasteiger partial charge in [-0.2, -0.15) is 0 Å². The molecule has 2 rings (SSSR count). The zero-order chi connectivity index (χ0) is 13.8. The van der Waals surface area contributed by atoms with Gasteiger partial charge < -0.3 is 15.2 Å². The Morgan fingerprint density at radius 3 is 3.11 bits per heavy atom. The summed E-state index contributed by atoms with van der Waals surface area (Å²) in [6, 6.07) is 3.65. The molecule has 1 fully saturated rings. The van der Waals surface area contributed by atoms with Gasteiger partial charge in [0.05, 0.1) is 19.8 Å². The SMILES string of the molecule is C[C@H](CO)Nc1cc(I)cc(N2CCOCC2=O)n1. The molecule has 2 N–H and O–H groups in total. The minimum Gasteiger partial charge on any atom is -0.394 e. The van der Waals surface area contributed by atoms with Crippen LogP contribution in [0.2, 0.25) is 0 Å².